The van der Waals surface area contributed by atoms with Gasteiger partial charge in [0, 0.05) is 23.1 Å². The molecule has 1 heterocycles. The molecule has 0 bridgehead atoms. The number of anilines is 6. The maximum absolute atomic E-state index is 4.74. The Morgan fingerprint density at radius 3 is 1.67 bits per heavy atom. The molecule has 0 spiro atoms. The fourth-order valence-corrected chi connectivity index (χ4v) is 3.03. The molecule has 0 fully saturated rings. The first-order valence-corrected chi connectivity index (χ1v) is 9.94. The molecule has 2 N–H and O–H groups in total. The molecule has 0 atom stereocenters. The zero-order valence-electron chi connectivity index (χ0n) is 17.0. The van der Waals surface area contributed by atoms with Crippen LogP contribution < -0.4 is 15.5 Å². The van der Waals surface area contributed by atoms with E-state index in [0.29, 0.717) is 17.8 Å². The molecule has 0 unspecified atom stereocenters. The number of hydrogen-bond acceptors (Lipinski definition) is 6. The molecule has 1 aromatic heterocycles. The van der Waals surface area contributed by atoms with E-state index in [4.69, 9.17) is 9.97 Å². The highest BCUT2D eigenvalue weighted by Crippen LogP contribution is 2.32. The molecule has 6 heteroatoms. The van der Waals surface area contributed by atoms with Crippen molar-refractivity contribution in [2.45, 2.75) is 19.9 Å². The Morgan fingerprint density at radius 1 is 0.633 bits per heavy atom. The van der Waals surface area contributed by atoms with Gasteiger partial charge in [-0.1, -0.05) is 54.6 Å². The van der Waals surface area contributed by atoms with Crippen molar-refractivity contribution in [3.8, 4) is 0 Å². The monoisotopic (exact) mass is 396 g/mol. The summed E-state index contributed by atoms with van der Waals surface area (Å²) in [5, 5.41) is 6.59. The number of hydrogen-bond donors (Lipinski definition) is 2. The van der Waals surface area contributed by atoms with Crippen LogP contribution in [0.15, 0.2) is 91.0 Å². The van der Waals surface area contributed by atoms with Gasteiger partial charge >= 0.3 is 0 Å². The molecule has 0 amide bonds. The molecule has 150 valence electrons. The third-order valence-electron chi connectivity index (χ3n) is 4.30. The summed E-state index contributed by atoms with van der Waals surface area (Å²) in [6.07, 6.45) is 0. The summed E-state index contributed by atoms with van der Waals surface area (Å²) in [6.45, 7) is 4.11. The van der Waals surface area contributed by atoms with Gasteiger partial charge in [-0.25, -0.2) is 0 Å². The third-order valence-corrected chi connectivity index (χ3v) is 4.30. The number of para-hydroxylation sites is 3. The van der Waals surface area contributed by atoms with Gasteiger partial charge in [-0.3, -0.25) is 4.90 Å². The van der Waals surface area contributed by atoms with E-state index in [1.807, 2.05) is 95.9 Å². The van der Waals surface area contributed by atoms with E-state index >= 15 is 0 Å². The van der Waals surface area contributed by atoms with Crippen LogP contribution in [0.1, 0.15) is 13.8 Å². The van der Waals surface area contributed by atoms with Crippen molar-refractivity contribution in [2.24, 2.45) is 0 Å². The SMILES string of the molecule is CC(C)Nc1nc(Nc2ccccc2)nc(N(c2ccccc2)c2ccccc2)n1. The van der Waals surface area contributed by atoms with Gasteiger partial charge in [0.25, 0.3) is 0 Å². The van der Waals surface area contributed by atoms with Crippen LogP contribution in [-0.2, 0) is 0 Å². The molecule has 0 aliphatic heterocycles. The largest absolute Gasteiger partial charge is 0.352 e. The summed E-state index contributed by atoms with van der Waals surface area (Å²) in [5.74, 6) is 1.53. The van der Waals surface area contributed by atoms with Crippen LogP contribution in [0, 0.1) is 0 Å². The lowest BCUT2D eigenvalue weighted by Crippen LogP contribution is -2.18. The molecule has 0 saturated heterocycles. The van der Waals surface area contributed by atoms with Crippen molar-refractivity contribution in [3.63, 3.8) is 0 Å². The summed E-state index contributed by atoms with van der Waals surface area (Å²) < 4.78 is 0. The van der Waals surface area contributed by atoms with E-state index in [1.165, 1.54) is 0 Å². The smallest absolute Gasteiger partial charge is 0.241 e. The van der Waals surface area contributed by atoms with Crippen LogP contribution in [0.2, 0.25) is 0 Å². The second-order valence-electron chi connectivity index (χ2n) is 7.08. The number of nitrogens with zero attached hydrogens (tertiary/aromatic N) is 4. The van der Waals surface area contributed by atoms with E-state index < -0.39 is 0 Å². The zero-order valence-corrected chi connectivity index (χ0v) is 17.0. The van der Waals surface area contributed by atoms with Crippen molar-refractivity contribution in [2.75, 3.05) is 15.5 Å². The maximum atomic E-state index is 4.74. The summed E-state index contributed by atoms with van der Waals surface area (Å²) in [6, 6.07) is 30.2. The van der Waals surface area contributed by atoms with Gasteiger partial charge in [-0.2, -0.15) is 15.0 Å². The van der Waals surface area contributed by atoms with E-state index in [0.717, 1.165) is 17.1 Å². The van der Waals surface area contributed by atoms with Crippen LogP contribution in [0.4, 0.5) is 34.9 Å². The number of nitrogens with one attached hydrogen (secondary N) is 2. The second-order valence-corrected chi connectivity index (χ2v) is 7.08. The van der Waals surface area contributed by atoms with Gasteiger partial charge in [-0.15, -0.1) is 0 Å². The molecule has 4 aromatic rings. The van der Waals surface area contributed by atoms with Gasteiger partial charge in [0.1, 0.15) is 0 Å². The van der Waals surface area contributed by atoms with Crippen LogP contribution >= 0.6 is 0 Å². The topological polar surface area (TPSA) is 66.0 Å². The fraction of sp³-hybridized carbons (Fsp3) is 0.125. The standard InChI is InChI=1S/C24H24N6/c1-18(2)25-22-27-23(26-19-12-6-3-7-13-19)29-24(28-22)30(20-14-8-4-9-15-20)21-16-10-5-11-17-21/h3-18H,1-2H3,(H2,25,26,27,28,29). The first kappa shape index (κ1) is 19.4. The Morgan fingerprint density at radius 2 is 1.13 bits per heavy atom. The van der Waals surface area contributed by atoms with Gasteiger partial charge in [0.15, 0.2) is 0 Å². The Kier molecular flexibility index (Phi) is 5.85. The van der Waals surface area contributed by atoms with Crippen LogP contribution in [0.5, 0.6) is 0 Å². The number of rotatable bonds is 7. The minimum Gasteiger partial charge on any atom is -0.352 e. The van der Waals surface area contributed by atoms with Crippen LogP contribution in [0.25, 0.3) is 0 Å². The molecule has 0 aliphatic rings. The normalized spacial score (nSPS) is 10.6. The quantitative estimate of drug-likeness (QED) is 0.405. The number of benzene rings is 3. The van der Waals surface area contributed by atoms with E-state index in [9.17, 15) is 0 Å². The highest BCUT2D eigenvalue weighted by Gasteiger charge is 2.18. The van der Waals surface area contributed by atoms with E-state index in [1.54, 1.807) is 0 Å². The third kappa shape index (κ3) is 4.72. The molecule has 30 heavy (non-hydrogen) atoms. The molecule has 6 nitrogen and oxygen atoms in total. The first-order valence-electron chi connectivity index (χ1n) is 9.94. The van der Waals surface area contributed by atoms with Crippen molar-refractivity contribution < 1.29 is 0 Å². The molecule has 3 aromatic carbocycles. The van der Waals surface area contributed by atoms with Crippen molar-refractivity contribution >= 4 is 34.9 Å². The summed E-state index contributed by atoms with van der Waals surface area (Å²) in [5.41, 5.74) is 2.85. The number of aromatic nitrogens is 3. The minimum absolute atomic E-state index is 0.187. The maximum Gasteiger partial charge on any atom is 0.241 e. The van der Waals surface area contributed by atoms with E-state index in [-0.39, 0.29) is 6.04 Å². The van der Waals surface area contributed by atoms with Gasteiger partial charge in [0.2, 0.25) is 17.8 Å². The summed E-state index contributed by atoms with van der Waals surface area (Å²) in [4.78, 5) is 16.0. The van der Waals surface area contributed by atoms with Crippen molar-refractivity contribution in [1.82, 2.24) is 15.0 Å². The first-order chi connectivity index (χ1) is 14.7. The van der Waals surface area contributed by atoms with Crippen molar-refractivity contribution in [1.29, 1.82) is 0 Å². The molecular formula is C24H24N6. The van der Waals surface area contributed by atoms with Gasteiger partial charge < -0.3 is 10.6 Å². The summed E-state index contributed by atoms with van der Waals surface area (Å²) >= 11 is 0. The average Bonchev–Trinajstić information content (AvgIpc) is 2.76. The lowest BCUT2D eigenvalue weighted by atomic mass is 10.2. The Balaban J connectivity index is 1.82. The van der Waals surface area contributed by atoms with Gasteiger partial charge in [-0.05, 0) is 50.2 Å². The van der Waals surface area contributed by atoms with Gasteiger partial charge in [0.05, 0.1) is 0 Å². The Labute approximate surface area is 176 Å². The molecule has 4 rings (SSSR count). The second kappa shape index (κ2) is 9.05. The molecular weight excluding hydrogens is 372 g/mol. The highest BCUT2D eigenvalue weighted by atomic mass is 15.3. The Hall–Kier alpha value is -3.93. The zero-order chi connectivity index (χ0) is 20.8. The average molecular weight is 396 g/mol. The summed E-state index contributed by atoms with van der Waals surface area (Å²) in [7, 11) is 0. The molecule has 0 radical (unpaired) electrons. The lowest BCUT2D eigenvalue weighted by Gasteiger charge is -2.24. The van der Waals surface area contributed by atoms with Crippen molar-refractivity contribution in [3.05, 3.63) is 91.0 Å². The van der Waals surface area contributed by atoms with E-state index in [2.05, 4.69) is 29.5 Å². The lowest BCUT2D eigenvalue weighted by molar-refractivity contribution is 0.866. The molecule has 0 saturated carbocycles. The highest BCUT2D eigenvalue weighted by molar-refractivity contribution is 5.73. The predicted molar refractivity (Wildman–Crippen MR) is 123 cm³/mol. The predicted octanol–water partition coefficient (Wildman–Crippen LogP) is 5.91. The Bertz CT molecular complexity index is 1030. The fourth-order valence-electron chi connectivity index (χ4n) is 3.03. The minimum atomic E-state index is 0.187. The molecule has 0 aliphatic carbocycles. The van der Waals surface area contributed by atoms with Crippen LogP contribution in [0.3, 0.4) is 0 Å². The van der Waals surface area contributed by atoms with Crippen LogP contribution in [-0.4, -0.2) is 21.0 Å².